The van der Waals surface area contributed by atoms with Gasteiger partial charge in [-0.25, -0.2) is 9.18 Å². The number of aliphatic hydroxyl groups excluding tert-OH is 1. The van der Waals surface area contributed by atoms with Crippen LogP contribution in [0.5, 0.6) is 0 Å². The van der Waals surface area contributed by atoms with E-state index < -0.39 is 0 Å². The average molecular weight is 323 g/mol. The Kier molecular flexibility index (Phi) is 6.65. The molecule has 6 heteroatoms. The predicted octanol–water partition coefficient (Wildman–Crippen LogP) is 2.11. The highest BCUT2D eigenvalue weighted by Crippen LogP contribution is 2.20. The molecule has 2 atom stereocenters. The summed E-state index contributed by atoms with van der Waals surface area (Å²) in [6.45, 7) is 4.23. The molecule has 2 amide bonds. The largest absolute Gasteiger partial charge is 0.396 e. The molecule has 1 aromatic carbocycles. The number of hydrogen-bond acceptors (Lipinski definition) is 3. The van der Waals surface area contributed by atoms with Crippen molar-refractivity contribution in [2.24, 2.45) is 5.92 Å². The number of urea groups is 1. The maximum absolute atomic E-state index is 13.3. The Labute approximate surface area is 136 Å². The molecule has 128 valence electrons. The van der Waals surface area contributed by atoms with Crippen molar-refractivity contribution in [2.45, 2.75) is 32.2 Å². The zero-order valence-corrected chi connectivity index (χ0v) is 13.6. The van der Waals surface area contributed by atoms with Crippen LogP contribution in [0, 0.1) is 11.7 Å². The smallest absolute Gasteiger partial charge is 0.315 e. The number of carbonyl (C=O) groups is 1. The van der Waals surface area contributed by atoms with E-state index in [9.17, 15) is 9.18 Å². The Morgan fingerprint density at radius 1 is 1.52 bits per heavy atom. The molecule has 23 heavy (non-hydrogen) atoms. The molecular formula is C17H26FN3O2. The Hall–Kier alpha value is -1.82. The van der Waals surface area contributed by atoms with Crippen LogP contribution in [0.4, 0.5) is 14.9 Å². The number of rotatable bonds is 6. The molecule has 1 aliphatic heterocycles. The van der Waals surface area contributed by atoms with E-state index in [1.807, 2.05) is 13.0 Å². The summed E-state index contributed by atoms with van der Waals surface area (Å²) in [5.41, 5.74) is 0.855. The molecule has 1 heterocycles. The zero-order chi connectivity index (χ0) is 16.7. The number of hydrogen-bond donors (Lipinski definition) is 3. The van der Waals surface area contributed by atoms with E-state index in [0.29, 0.717) is 19.5 Å². The first-order valence-electron chi connectivity index (χ1n) is 8.24. The van der Waals surface area contributed by atoms with Gasteiger partial charge in [-0.05, 0) is 43.4 Å². The van der Waals surface area contributed by atoms with E-state index in [2.05, 4.69) is 15.5 Å². The van der Waals surface area contributed by atoms with Gasteiger partial charge in [0.05, 0.1) is 0 Å². The summed E-state index contributed by atoms with van der Waals surface area (Å²) >= 11 is 0. The lowest BCUT2D eigenvalue weighted by Crippen LogP contribution is -2.51. The predicted molar refractivity (Wildman–Crippen MR) is 89.0 cm³/mol. The first-order chi connectivity index (χ1) is 11.1. The van der Waals surface area contributed by atoms with Gasteiger partial charge in [0.25, 0.3) is 0 Å². The van der Waals surface area contributed by atoms with E-state index in [4.69, 9.17) is 5.11 Å². The van der Waals surface area contributed by atoms with Crippen LogP contribution in [-0.4, -0.2) is 43.4 Å². The Morgan fingerprint density at radius 2 is 2.35 bits per heavy atom. The number of nitrogens with zero attached hydrogens (tertiary/aromatic N) is 1. The monoisotopic (exact) mass is 323 g/mol. The zero-order valence-electron chi connectivity index (χ0n) is 13.6. The molecule has 0 bridgehead atoms. The van der Waals surface area contributed by atoms with Crippen molar-refractivity contribution >= 4 is 11.7 Å². The molecule has 0 spiro atoms. The van der Waals surface area contributed by atoms with Crippen molar-refractivity contribution in [3.8, 4) is 0 Å². The molecule has 1 aliphatic rings. The molecule has 2 unspecified atom stereocenters. The minimum Gasteiger partial charge on any atom is -0.396 e. The molecule has 3 N–H and O–H groups in total. The topological polar surface area (TPSA) is 64.6 Å². The molecule has 2 rings (SSSR count). The molecule has 1 saturated heterocycles. The number of anilines is 1. The summed E-state index contributed by atoms with van der Waals surface area (Å²) in [5.74, 6) is 0.00842. The van der Waals surface area contributed by atoms with Crippen LogP contribution in [0.25, 0.3) is 0 Å². The lowest BCUT2D eigenvalue weighted by molar-refractivity contribution is 0.229. The van der Waals surface area contributed by atoms with Crippen LogP contribution < -0.4 is 15.5 Å². The number of aliphatic hydroxyl groups is 1. The second-order valence-electron chi connectivity index (χ2n) is 6.24. The maximum Gasteiger partial charge on any atom is 0.315 e. The van der Waals surface area contributed by atoms with Crippen LogP contribution in [0.3, 0.4) is 0 Å². The maximum atomic E-state index is 13.3. The number of amides is 2. The van der Waals surface area contributed by atoms with Crippen molar-refractivity contribution in [1.29, 1.82) is 0 Å². The molecule has 1 aromatic rings. The highest BCUT2D eigenvalue weighted by atomic mass is 19.1. The summed E-state index contributed by atoms with van der Waals surface area (Å²) < 4.78 is 13.3. The number of halogens is 1. The molecule has 0 radical (unpaired) electrons. The highest BCUT2D eigenvalue weighted by molar-refractivity contribution is 5.74. The fourth-order valence-electron chi connectivity index (χ4n) is 2.83. The summed E-state index contributed by atoms with van der Waals surface area (Å²) in [5, 5.41) is 14.7. The van der Waals surface area contributed by atoms with Gasteiger partial charge in [0.15, 0.2) is 0 Å². The Morgan fingerprint density at radius 3 is 3.09 bits per heavy atom. The van der Waals surface area contributed by atoms with Gasteiger partial charge in [-0.15, -0.1) is 0 Å². The van der Waals surface area contributed by atoms with Gasteiger partial charge in [0, 0.05) is 38.0 Å². The van der Waals surface area contributed by atoms with Crippen LogP contribution >= 0.6 is 0 Å². The van der Waals surface area contributed by atoms with Gasteiger partial charge in [-0.3, -0.25) is 0 Å². The second kappa shape index (κ2) is 8.72. The van der Waals surface area contributed by atoms with Crippen LogP contribution in [0.1, 0.15) is 26.2 Å². The van der Waals surface area contributed by atoms with Crippen molar-refractivity contribution in [2.75, 3.05) is 31.1 Å². The number of piperidine rings is 1. The highest BCUT2D eigenvalue weighted by Gasteiger charge is 2.22. The van der Waals surface area contributed by atoms with Gasteiger partial charge in [-0.2, -0.15) is 0 Å². The number of carbonyl (C=O) groups excluding carboxylic acids is 1. The van der Waals surface area contributed by atoms with Crippen molar-refractivity contribution in [3.63, 3.8) is 0 Å². The average Bonchev–Trinajstić information content (AvgIpc) is 2.53. The number of nitrogens with one attached hydrogen (secondary N) is 2. The molecule has 0 aliphatic carbocycles. The quantitative estimate of drug-likeness (QED) is 0.751. The lowest BCUT2D eigenvalue weighted by Gasteiger charge is -2.34. The third-order valence-corrected chi connectivity index (χ3v) is 4.16. The van der Waals surface area contributed by atoms with Crippen molar-refractivity contribution in [1.82, 2.24) is 10.6 Å². The van der Waals surface area contributed by atoms with Gasteiger partial charge in [0.1, 0.15) is 5.82 Å². The SMILES string of the molecule is CC(CCO)CNC(=O)NC1CCCN(c2cccc(F)c2)C1. The minimum atomic E-state index is -0.242. The van der Waals surface area contributed by atoms with E-state index in [-0.39, 0.29) is 30.4 Å². The fraction of sp³-hybridized carbons (Fsp3) is 0.588. The Bertz CT molecular complexity index is 512. The van der Waals surface area contributed by atoms with Crippen LogP contribution in [0.15, 0.2) is 24.3 Å². The van der Waals surface area contributed by atoms with Gasteiger partial charge in [-0.1, -0.05) is 13.0 Å². The molecule has 0 saturated carbocycles. The lowest BCUT2D eigenvalue weighted by atomic mass is 10.0. The fourth-order valence-corrected chi connectivity index (χ4v) is 2.83. The third-order valence-electron chi connectivity index (χ3n) is 4.16. The van der Waals surface area contributed by atoms with Gasteiger partial charge in [0.2, 0.25) is 0 Å². The minimum absolute atomic E-state index is 0.0557. The van der Waals surface area contributed by atoms with E-state index in [0.717, 1.165) is 25.1 Å². The van der Waals surface area contributed by atoms with E-state index in [1.165, 1.54) is 12.1 Å². The second-order valence-corrected chi connectivity index (χ2v) is 6.24. The third kappa shape index (κ3) is 5.71. The van der Waals surface area contributed by atoms with E-state index in [1.54, 1.807) is 6.07 Å². The van der Waals surface area contributed by atoms with Crippen molar-refractivity contribution in [3.05, 3.63) is 30.1 Å². The summed E-state index contributed by atoms with van der Waals surface area (Å²) in [6, 6.07) is 6.43. The van der Waals surface area contributed by atoms with Crippen LogP contribution in [-0.2, 0) is 0 Å². The van der Waals surface area contributed by atoms with E-state index >= 15 is 0 Å². The Balaban J connectivity index is 1.80. The first-order valence-corrected chi connectivity index (χ1v) is 8.24. The van der Waals surface area contributed by atoms with Crippen molar-refractivity contribution < 1.29 is 14.3 Å². The molecule has 0 aromatic heterocycles. The van der Waals surface area contributed by atoms with Gasteiger partial charge >= 0.3 is 6.03 Å². The van der Waals surface area contributed by atoms with Crippen LogP contribution in [0.2, 0.25) is 0 Å². The summed E-state index contributed by atoms with van der Waals surface area (Å²) in [6.07, 6.45) is 2.56. The number of benzene rings is 1. The normalized spacial score (nSPS) is 19.3. The molecule has 5 nitrogen and oxygen atoms in total. The standard InChI is InChI=1S/C17H26FN3O2/c1-13(7-9-22)11-19-17(23)20-15-5-3-8-21(12-15)16-6-2-4-14(18)10-16/h2,4,6,10,13,15,22H,3,5,7-9,11-12H2,1H3,(H2,19,20,23). The molecular weight excluding hydrogens is 297 g/mol. The first kappa shape index (κ1) is 17.5. The van der Waals surface area contributed by atoms with Gasteiger partial charge < -0.3 is 20.6 Å². The summed E-state index contributed by atoms with van der Waals surface area (Å²) in [7, 11) is 0. The summed E-state index contributed by atoms with van der Waals surface area (Å²) in [4.78, 5) is 14.1. The molecule has 1 fully saturated rings.